The molecule has 86 valence electrons. The summed E-state index contributed by atoms with van der Waals surface area (Å²) in [5.74, 6) is 0.0393. The highest BCUT2D eigenvalue weighted by Gasteiger charge is 2.48. The summed E-state index contributed by atoms with van der Waals surface area (Å²) in [7, 11) is 1.39. The number of methoxy groups -OCH3 is 1. The van der Waals surface area contributed by atoms with Gasteiger partial charge in [-0.2, -0.15) is 0 Å². The number of rotatable bonds is 2. The first-order chi connectivity index (χ1) is 7.17. The van der Waals surface area contributed by atoms with Crippen LogP contribution in [0.2, 0.25) is 0 Å². The van der Waals surface area contributed by atoms with Gasteiger partial charge in [0.2, 0.25) is 0 Å². The molecule has 0 aromatic carbocycles. The Morgan fingerprint density at radius 2 is 2.07 bits per heavy atom. The van der Waals surface area contributed by atoms with Crippen LogP contribution in [-0.4, -0.2) is 32.3 Å². The summed E-state index contributed by atoms with van der Waals surface area (Å²) in [4.78, 5) is 11.2. The molecule has 1 aliphatic heterocycles. The van der Waals surface area contributed by atoms with Crippen molar-refractivity contribution in [3.05, 3.63) is 0 Å². The van der Waals surface area contributed by atoms with Gasteiger partial charge in [0.05, 0.1) is 7.11 Å². The van der Waals surface area contributed by atoms with Crippen molar-refractivity contribution in [1.82, 2.24) is 0 Å². The number of carbonyl (C=O) groups excluding carboxylic acids is 1. The minimum absolute atomic E-state index is 0.276. The third kappa shape index (κ3) is 2.01. The van der Waals surface area contributed by atoms with Gasteiger partial charge in [0.15, 0.2) is 0 Å². The summed E-state index contributed by atoms with van der Waals surface area (Å²) >= 11 is 0. The second-order valence-corrected chi connectivity index (χ2v) is 4.83. The van der Waals surface area contributed by atoms with E-state index in [1.54, 1.807) is 0 Å². The average molecular weight is 213 g/mol. The van der Waals surface area contributed by atoms with Crippen LogP contribution in [0.3, 0.4) is 0 Å². The second-order valence-electron chi connectivity index (χ2n) is 4.83. The van der Waals surface area contributed by atoms with E-state index in [4.69, 9.17) is 10.5 Å². The van der Waals surface area contributed by atoms with Gasteiger partial charge < -0.3 is 15.2 Å². The summed E-state index contributed by atoms with van der Waals surface area (Å²) in [6.07, 6.45) is 4.37. The van der Waals surface area contributed by atoms with Crippen molar-refractivity contribution in [2.45, 2.75) is 31.7 Å². The van der Waals surface area contributed by atoms with Crippen molar-refractivity contribution in [2.24, 2.45) is 17.1 Å². The molecule has 1 aliphatic carbocycles. The van der Waals surface area contributed by atoms with Gasteiger partial charge in [-0.25, -0.2) is 0 Å². The monoisotopic (exact) mass is 213 g/mol. The lowest BCUT2D eigenvalue weighted by Crippen LogP contribution is -2.51. The molecule has 2 fully saturated rings. The molecule has 4 heteroatoms. The van der Waals surface area contributed by atoms with E-state index in [-0.39, 0.29) is 5.97 Å². The topological polar surface area (TPSA) is 61.5 Å². The van der Waals surface area contributed by atoms with Crippen LogP contribution in [0.15, 0.2) is 0 Å². The fraction of sp³-hybridized carbons (Fsp3) is 0.909. The number of carbonyl (C=O) groups is 1. The zero-order chi connectivity index (χ0) is 10.9. The second kappa shape index (κ2) is 4.10. The molecule has 1 atom stereocenters. The van der Waals surface area contributed by atoms with Gasteiger partial charge in [0.1, 0.15) is 6.04 Å². The molecule has 1 saturated heterocycles. The van der Waals surface area contributed by atoms with Crippen LogP contribution in [-0.2, 0) is 14.3 Å². The number of ether oxygens (including phenoxy) is 2. The molecule has 1 heterocycles. The molecule has 2 rings (SSSR count). The predicted molar refractivity (Wildman–Crippen MR) is 55.2 cm³/mol. The molecule has 2 aliphatic rings. The molecule has 15 heavy (non-hydrogen) atoms. The Kier molecular flexibility index (Phi) is 2.98. The molecule has 0 radical (unpaired) electrons. The molecule has 0 amide bonds. The lowest BCUT2D eigenvalue weighted by atomic mass is 9.56. The minimum atomic E-state index is -0.427. The van der Waals surface area contributed by atoms with E-state index in [2.05, 4.69) is 4.74 Å². The third-order valence-electron chi connectivity index (χ3n) is 3.93. The zero-order valence-corrected chi connectivity index (χ0v) is 9.20. The Bertz CT molecular complexity index is 240. The molecule has 0 aromatic heterocycles. The molecule has 0 bridgehead atoms. The van der Waals surface area contributed by atoms with E-state index in [9.17, 15) is 4.79 Å². The maximum atomic E-state index is 11.2. The van der Waals surface area contributed by atoms with E-state index >= 15 is 0 Å². The Hall–Kier alpha value is -0.610. The van der Waals surface area contributed by atoms with E-state index in [1.165, 1.54) is 7.11 Å². The molecule has 2 N–H and O–H groups in total. The first kappa shape index (κ1) is 10.9. The normalized spacial score (nSPS) is 27.1. The molecule has 0 aromatic rings. The summed E-state index contributed by atoms with van der Waals surface area (Å²) in [6.45, 7) is 1.72. The summed E-state index contributed by atoms with van der Waals surface area (Å²) in [5, 5.41) is 0. The number of hydrogen-bond acceptors (Lipinski definition) is 4. The highest BCUT2D eigenvalue weighted by molar-refractivity contribution is 5.75. The molecule has 1 saturated carbocycles. The highest BCUT2D eigenvalue weighted by atomic mass is 16.5. The lowest BCUT2D eigenvalue weighted by Gasteiger charge is -2.51. The van der Waals surface area contributed by atoms with Crippen LogP contribution in [0, 0.1) is 11.3 Å². The van der Waals surface area contributed by atoms with Crippen molar-refractivity contribution in [3.8, 4) is 0 Å². The van der Waals surface area contributed by atoms with Gasteiger partial charge in [0.25, 0.3) is 0 Å². The Labute approximate surface area is 90.1 Å². The van der Waals surface area contributed by atoms with Crippen LogP contribution in [0.25, 0.3) is 0 Å². The van der Waals surface area contributed by atoms with Crippen molar-refractivity contribution in [1.29, 1.82) is 0 Å². The maximum Gasteiger partial charge on any atom is 0.322 e. The lowest BCUT2D eigenvalue weighted by molar-refractivity contribution is -0.147. The van der Waals surface area contributed by atoms with E-state index in [0.717, 1.165) is 38.9 Å². The average Bonchev–Trinajstić information content (AvgIpc) is 2.25. The van der Waals surface area contributed by atoms with Gasteiger partial charge in [-0.05, 0) is 37.0 Å². The van der Waals surface area contributed by atoms with Crippen LogP contribution >= 0.6 is 0 Å². The minimum Gasteiger partial charge on any atom is -0.468 e. The molecule has 4 nitrogen and oxygen atoms in total. The van der Waals surface area contributed by atoms with Crippen molar-refractivity contribution in [3.63, 3.8) is 0 Å². The fourth-order valence-corrected chi connectivity index (χ4v) is 2.85. The van der Waals surface area contributed by atoms with Crippen LogP contribution in [0.1, 0.15) is 25.7 Å². The van der Waals surface area contributed by atoms with Gasteiger partial charge >= 0.3 is 5.97 Å². The largest absolute Gasteiger partial charge is 0.468 e. The zero-order valence-electron chi connectivity index (χ0n) is 9.20. The van der Waals surface area contributed by atoms with Gasteiger partial charge in [-0.15, -0.1) is 0 Å². The Morgan fingerprint density at radius 1 is 1.47 bits per heavy atom. The van der Waals surface area contributed by atoms with Gasteiger partial charge in [-0.3, -0.25) is 4.79 Å². The molecule has 1 unspecified atom stereocenters. The maximum absolute atomic E-state index is 11.2. The predicted octanol–water partition coefficient (Wildman–Crippen LogP) is 0.693. The van der Waals surface area contributed by atoms with Crippen LogP contribution < -0.4 is 5.73 Å². The van der Waals surface area contributed by atoms with E-state index in [0.29, 0.717) is 11.3 Å². The summed E-state index contributed by atoms with van der Waals surface area (Å²) in [6, 6.07) is -0.427. The number of nitrogens with two attached hydrogens (primary N) is 1. The smallest absolute Gasteiger partial charge is 0.322 e. The first-order valence-corrected chi connectivity index (χ1v) is 5.58. The molecular weight excluding hydrogens is 194 g/mol. The van der Waals surface area contributed by atoms with Crippen molar-refractivity contribution in [2.75, 3.05) is 20.3 Å². The highest BCUT2D eigenvalue weighted by Crippen LogP contribution is 2.53. The Balaban J connectivity index is 1.83. The van der Waals surface area contributed by atoms with E-state index in [1.807, 2.05) is 0 Å². The quantitative estimate of drug-likeness (QED) is 0.686. The molecule has 1 spiro atoms. The summed E-state index contributed by atoms with van der Waals surface area (Å²) in [5.41, 5.74) is 6.24. The SMILES string of the molecule is COC(=O)C(N)C1CC2(CCOCC2)C1. The fourth-order valence-electron chi connectivity index (χ4n) is 2.85. The van der Waals surface area contributed by atoms with Crippen LogP contribution in [0.4, 0.5) is 0 Å². The third-order valence-corrected chi connectivity index (χ3v) is 3.93. The standard InChI is InChI=1S/C11H19NO3/c1-14-10(13)9(12)8-6-11(7-8)2-4-15-5-3-11/h8-9H,2-7,12H2,1H3. The van der Waals surface area contributed by atoms with E-state index < -0.39 is 6.04 Å². The summed E-state index contributed by atoms with van der Waals surface area (Å²) < 4.78 is 10.00. The van der Waals surface area contributed by atoms with Crippen LogP contribution in [0.5, 0.6) is 0 Å². The van der Waals surface area contributed by atoms with Crippen molar-refractivity contribution >= 4 is 5.97 Å². The first-order valence-electron chi connectivity index (χ1n) is 5.58. The number of esters is 1. The van der Waals surface area contributed by atoms with Crippen molar-refractivity contribution < 1.29 is 14.3 Å². The van der Waals surface area contributed by atoms with Gasteiger partial charge in [0, 0.05) is 13.2 Å². The molecular formula is C11H19NO3. The Morgan fingerprint density at radius 3 is 2.60 bits per heavy atom. The van der Waals surface area contributed by atoms with Gasteiger partial charge in [-0.1, -0.05) is 0 Å². The number of hydrogen-bond donors (Lipinski definition) is 1.